The topological polar surface area (TPSA) is 0 Å². The van der Waals surface area contributed by atoms with Crippen molar-refractivity contribution in [2.24, 2.45) is 0 Å². The van der Waals surface area contributed by atoms with Gasteiger partial charge in [-0.15, -0.1) is 0 Å². The zero-order chi connectivity index (χ0) is 11.3. The molecule has 0 nitrogen and oxygen atoms in total. The van der Waals surface area contributed by atoms with E-state index >= 15 is 0 Å². The maximum absolute atomic E-state index is 5.83. The van der Waals surface area contributed by atoms with Crippen LogP contribution in [-0.4, -0.2) is 13.8 Å². The Morgan fingerprint density at radius 1 is 1.13 bits per heavy atom. The maximum Gasteiger partial charge on any atom is 0.0450 e. The number of benzene rings is 1. The van der Waals surface area contributed by atoms with Gasteiger partial charge in [0.25, 0.3) is 0 Å². The van der Waals surface area contributed by atoms with Crippen LogP contribution in [0.25, 0.3) is 0 Å². The molecule has 1 aromatic carbocycles. The molecule has 0 heterocycles. The van der Waals surface area contributed by atoms with Gasteiger partial charge in [-0.2, -0.15) is 11.8 Å². The summed E-state index contributed by atoms with van der Waals surface area (Å²) in [5.41, 5.74) is 1.37. The normalized spacial score (nSPS) is 11.7. The molecular weight excluding hydrogens is 240 g/mol. The third kappa shape index (κ3) is 6.28. The summed E-state index contributed by atoms with van der Waals surface area (Å²) in [6, 6.07) is 9.57. The molecular formula is C12H19ClSSi. The van der Waals surface area contributed by atoms with Crippen molar-refractivity contribution in [2.45, 2.75) is 31.4 Å². The fourth-order valence-electron chi connectivity index (χ4n) is 1.15. The van der Waals surface area contributed by atoms with E-state index in [-0.39, 0.29) is 0 Å². The molecule has 0 aliphatic rings. The summed E-state index contributed by atoms with van der Waals surface area (Å²) in [4.78, 5) is 0. The molecule has 0 atom stereocenters. The highest BCUT2D eigenvalue weighted by Crippen LogP contribution is 2.19. The van der Waals surface area contributed by atoms with Crippen LogP contribution in [0.2, 0.25) is 30.7 Å². The fraction of sp³-hybridized carbons (Fsp3) is 0.500. The summed E-state index contributed by atoms with van der Waals surface area (Å²) in [6.45, 7) is 7.28. The average molecular weight is 259 g/mol. The van der Waals surface area contributed by atoms with Crippen molar-refractivity contribution in [1.29, 1.82) is 0 Å². The van der Waals surface area contributed by atoms with Gasteiger partial charge in [-0.05, 0) is 29.5 Å². The zero-order valence-electron chi connectivity index (χ0n) is 9.72. The van der Waals surface area contributed by atoms with Gasteiger partial charge in [0.15, 0.2) is 0 Å². The van der Waals surface area contributed by atoms with E-state index in [1.54, 1.807) is 0 Å². The van der Waals surface area contributed by atoms with Crippen LogP contribution in [0.3, 0.4) is 0 Å². The Balaban J connectivity index is 2.23. The Morgan fingerprint density at radius 2 is 1.73 bits per heavy atom. The average Bonchev–Trinajstić information content (AvgIpc) is 2.14. The molecule has 1 aromatic rings. The Labute approximate surface area is 103 Å². The highest BCUT2D eigenvalue weighted by atomic mass is 35.5. The highest BCUT2D eigenvalue weighted by molar-refractivity contribution is 7.98. The van der Waals surface area contributed by atoms with Crippen molar-refractivity contribution in [1.82, 2.24) is 0 Å². The third-order valence-electron chi connectivity index (χ3n) is 2.18. The van der Waals surface area contributed by atoms with Gasteiger partial charge in [0.05, 0.1) is 0 Å². The van der Waals surface area contributed by atoms with Crippen LogP contribution in [-0.2, 0) is 5.75 Å². The molecule has 84 valence electrons. The largest absolute Gasteiger partial charge is 0.158 e. The summed E-state index contributed by atoms with van der Waals surface area (Å²) in [5, 5.41) is 0.825. The Kier molecular flexibility index (Phi) is 5.23. The van der Waals surface area contributed by atoms with Crippen molar-refractivity contribution >= 4 is 31.4 Å². The molecule has 0 aromatic heterocycles. The lowest BCUT2D eigenvalue weighted by Gasteiger charge is -2.14. The molecule has 0 aliphatic carbocycles. The van der Waals surface area contributed by atoms with E-state index in [2.05, 4.69) is 31.8 Å². The second-order valence-electron chi connectivity index (χ2n) is 4.99. The predicted octanol–water partition coefficient (Wildman–Crippen LogP) is 4.91. The lowest BCUT2D eigenvalue weighted by atomic mass is 10.2. The van der Waals surface area contributed by atoms with Crippen LogP contribution in [0, 0.1) is 0 Å². The molecule has 0 amide bonds. The van der Waals surface area contributed by atoms with Crippen LogP contribution < -0.4 is 0 Å². The molecule has 15 heavy (non-hydrogen) atoms. The first kappa shape index (κ1) is 13.1. The monoisotopic (exact) mass is 258 g/mol. The minimum absolute atomic E-state index is 0.825. The number of hydrogen-bond acceptors (Lipinski definition) is 1. The van der Waals surface area contributed by atoms with Crippen molar-refractivity contribution in [2.75, 3.05) is 5.75 Å². The summed E-state index contributed by atoms with van der Waals surface area (Å²) >= 11 is 7.86. The molecule has 0 aliphatic heterocycles. The first-order chi connectivity index (χ1) is 6.97. The molecule has 1 rings (SSSR count). The minimum atomic E-state index is -0.846. The number of hydrogen-bond donors (Lipinski definition) is 0. The second kappa shape index (κ2) is 5.97. The van der Waals surface area contributed by atoms with Crippen molar-refractivity contribution < 1.29 is 0 Å². The van der Waals surface area contributed by atoms with Crippen molar-refractivity contribution in [3.63, 3.8) is 0 Å². The van der Waals surface area contributed by atoms with Gasteiger partial charge in [-0.3, -0.25) is 0 Å². The van der Waals surface area contributed by atoms with Gasteiger partial charge in [0.1, 0.15) is 0 Å². The predicted molar refractivity (Wildman–Crippen MR) is 75.8 cm³/mol. The summed E-state index contributed by atoms with van der Waals surface area (Å²) in [6.07, 6.45) is 0. The molecule has 0 radical (unpaired) electrons. The molecule has 0 unspecified atom stereocenters. The van der Waals surface area contributed by atoms with E-state index in [4.69, 9.17) is 11.6 Å². The SMILES string of the molecule is C[Si](C)(C)CCSCc1ccc(Cl)cc1. The molecule has 3 heteroatoms. The van der Waals surface area contributed by atoms with Crippen LogP contribution in [0.4, 0.5) is 0 Å². The lowest BCUT2D eigenvalue weighted by Crippen LogP contribution is -2.19. The van der Waals surface area contributed by atoms with Gasteiger partial charge in [0.2, 0.25) is 0 Å². The van der Waals surface area contributed by atoms with Gasteiger partial charge in [0, 0.05) is 18.8 Å². The number of halogens is 1. The van der Waals surface area contributed by atoms with Crippen LogP contribution in [0.1, 0.15) is 5.56 Å². The Hall–Kier alpha value is 0.0769. The molecule has 0 bridgehead atoms. The third-order valence-corrected chi connectivity index (χ3v) is 5.57. The van der Waals surface area contributed by atoms with Crippen molar-refractivity contribution in [3.05, 3.63) is 34.9 Å². The smallest absolute Gasteiger partial charge is 0.0450 e. The second-order valence-corrected chi connectivity index (χ2v) is 12.2. The van der Waals surface area contributed by atoms with E-state index in [1.807, 2.05) is 23.9 Å². The van der Waals surface area contributed by atoms with E-state index in [1.165, 1.54) is 17.4 Å². The van der Waals surface area contributed by atoms with Crippen LogP contribution in [0.15, 0.2) is 24.3 Å². The van der Waals surface area contributed by atoms with E-state index in [9.17, 15) is 0 Å². The summed E-state index contributed by atoms with van der Waals surface area (Å²) < 4.78 is 0. The number of thioether (sulfide) groups is 1. The van der Waals surface area contributed by atoms with E-state index in [0.717, 1.165) is 10.8 Å². The van der Waals surface area contributed by atoms with Gasteiger partial charge in [-0.1, -0.05) is 43.4 Å². The molecule has 0 saturated heterocycles. The van der Waals surface area contributed by atoms with Crippen LogP contribution in [0.5, 0.6) is 0 Å². The van der Waals surface area contributed by atoms with E-state index < -0.39 is 8.07 Å². The first-order valence-corrected chi connectivity index (χ1v) is 10.5. The summed E-state index contributed by atoms with van der Waals surface area (Å²) in [7, 11) is -0.846. The van der Waals surface area contributed by atoms with Gasteiger partial charge >= 0.3 is 0 Å². The standard InChI is InChI=1S/C12H19ClSSi/c1-15(2,3)9-8-14-10-11-4-6-12(13)7-5-11/h4-7H,8-10H2,1-3H3. The van der Waals surface area contributed by atoms with Crippen LogP contribution >= 0.6 is 23.4 Å². The van der Waals surface area contributed by atoms with Gasteiger partial charge in [-0.25, -0.2) is 0 Å². The zero-order valence-corrected chi connectivity index (χ0v) is 12.3. The maximum atomic E-state index is 5.83. The first-order valence-electron chi connectivity index (χ1n) is 5.29. The quantitative estimate of drug-likeness (QED) is 0.534. The van der Waals surface area contributed by atoms with Gasteiger partial charge < -0.3 is 0 Å². The molecule has 0 fully saturated rings. The number of rotatable bonds is 5. The summed E-state index contributed by atoms with van der Waals surface area (Å²) in [5.74, 6) is 2.40. The fourth-order valence-corrected chi connectivity index (χ4v) is 4.87. The van der Waals surface area contributed by atoms with E-state index in [0.29, 0.717) is 0 Å². The Bertz CT molecular complexity index is 289. The molecule has 0 spiro atoms. The lowest BCUT2D eigenvalue weighted by molar-refractivity contribution is 1.35. The highest BCUT2D eigenvalue weighted by Gasteiger charge is 2.11. The molecule has 0 N–H and O–H groups in total. The molecule has 0 saturated carbocycles. The minimum Gasteiger partial charge on any atom is -0.158 e. The van der Waals surface area contributed by atoms with Crippen molar-refractivity contribution in [3.8, 4) is 0 Å². The Morgan fingerprint density at radius 3 is 2.27 bits per heavy atom.